The lowest BCUT2D eigenvalue weighted by Crippen LogP contribution is -2.05. The molecule has 0 radical (unpaired) electrons. The first-order chi connectivity index (χ1) is 8.39. The van der Waals surface area contributed by atoms with Crippen molar-refractivity contribution in [2.75, 3.05) is 5.73 Å². The highest BCUT2D eigenvalue weighted by atomic mass is 35.5. The number of hydrogen-bond acceptors (Lipinski definition) is 3. The molecular formula is C11H7ClF3N3. The minimum Gasteiger partial charge on any atom is -0.396 e. The molecule has 0 amide bonds. The molecule has 0 aliphatic heterocycles. The summed E-state index contributed by atoms with van der Waals surface area (Å²) in [6.45, 7) is 0. The van der Waals surface area contributed by atoms with Gasteiger partial charge in [-0.25, -0.2) is 0 Å². The Bertz CT molecular complexity index is 584. The number of aromatic nitrogens is 2. The second-order valence-electron chi connectivity index (χ2n) is 3.54. The predicted octanol–water partition coefficient (Wildman–Crippen LogP) is 3.40. The number of anilines is 1. The molecule has 2 aromatic rings. The highest BCUT2D eigenvalue weighted by Gasteiger charge is 2.30. The zero-order chi connectivity index (χ0) is 13.3. The second kappa shape index (κ2) is 4.45. The molecule has 0 aliphatic carbocycles. The summed E-state index contributed by atoms with van der Waals surface area (Å²) in [5, 5.41) is 7.36. The Kier molecular flexibility index (Phi) is 3.13. The van der Waals surface area contributed by atoms with E-state index in [2.05, 4.69) is 10.2 Å². The van der Waals surface area contributed by atoms with Crippen molar-refractivity contribution in [1.82, 2.24) is 10.2 Å². The highest BCUT2D eigenvalue weighted by molar-refractivity contribution is 6.35. The molecule has 0 atom stereocenters. The smallest absolute Gasteiger partial charge is 0.396 e. The number of alkyl halides is 3. The molecule has 0 spiro atoms. The van der Waals surface area contributed by atoms with E-state index in [1.807, 2.05) is 0 Å². The Morgan fingerprint density at radius 1 is 1.22 bits per heavy atom. The van der Waals surface area contributed by atoms with Crippen molar-refractivity contribution in [3.8, 4) is 11.3 Å². The highest BCUT2D eigenvalue weighted by Crippen LogP contribution is 2.34. The number of nitrogens with two attached hydrogens (primary N) is 1. The van der Waals surface area contributed by atoms with Gasteiger partial charge in [0.2, 0.25) is 0 Å². The molecule has 1 heterocycles. The Balaban J connectivity index is 2.55. The van der Waals surface area contributed by atoms with Crippen LogP contribution in [0, 0.1) is 0 Å². The van der Waals surface area contributed by atoms with E-state index in [1.54, 1.807) is 0 Å². The lowest BCUT2D eigenvalue weighted by Gasteiger charge is -2.09. The molecule has 7 heteroatoms. The van der Waals surface area contributed by atoms with Gasteiger partial charge in [0, 0.05) is 5.56 Å². The number of rotatable bonds is 1. The number of hydrogen-bond donors (Lipinski definition) is 1. The monoisotopic (exact) mass is 273 g/mol. The minimum atomic E-state index is -4.42. The molecule has 94 valence electrons. The van der Waals surface area contributed by atoms with Gasteiger partial charge in [-0.05, 0) is 12.1 Å². The summed E-state index contributed by atoms with van der Waals surface area (Å²) >= 11 is 5.89. The van der Waals surface area contributed by atoms with Gasteiger partial charge >= 0.3 is 6.18 Å². The summed E-state index contributed by atoms with van der Waals surface area (Å²) < 4.78 is 37.7. The quantitative estimate of drug-likeness (QED) is 0.866. The zero-order valence-electron chi connectivity index (χ0n) is 8.87. The van der Waals surface area contributed by atoms with Gasteiger partial charge in [-0.3, -0.25) is 0 Å². The van der Waals surface area contributed by atoms with Crippen LogP contribution >= 0.6 is 11.6 Å². The standard InChI is InChI=1S/C11H7ClF3N3/c12-9-8(16)5-17-18-10(9)6-2-1-3-7(4-6)11(13,14)15/h1-5H,(H2,16,18). The van der Waals surface area contributed by atoms with Gasteiger partial charge in [0.15, 0.2) is 0 Å². The van der Waals surface area contributed by atoms with Crippen LogP contribution in [-0.2, 0) is 6.18 Å². The molecule has 2 N–H and O–H groups in total. The van der Waals surface area contributed by atoms with Crippen LogP contribution in [0.5, 0.6) is 0 Å². The lowest BCUT2D eigenvalue weighted by atomic mass is 10.1. The number of nitrogen functional groups attached to an aromatic ring is 1. The van der Waals surface area contributed by atoms with Gasteiger partial charge in [-0.2, -0.15) is 18.3 Å². The van der Waals surface area contributed by atoms with Gasteiger partial charge < -0.3 is 5.73 Å². The van der Waals surface area contributed by atoms with Crippen LogP contribution in [0.4, 0.5) is 18.9 Å². The summed E-state index contributed by atoms with van der Waals surface area (Å²) in [5.41, 5.74) is 5.26. The molecule has 0 fully saturated rings. The molecule has 0 unspecified atom stereocenters. The van der Waals surface area contributed by atoms with E-state index in [-0.39, 0.29) is 22.0 Å². The Morgan fingerprint density at radius 3 is 2.61 bits per heavy atom. The molecule has 0 bridgehead atoms. The average molecular weight is 274 g/mol. The van der Waals surface area contributed by atoms with Gasteiger partial charge in [0.1, 0.15) is 5.69 Å². The Morgan fingerprint density at radius 2 is 1.94 bits per heavy atom. The van der Waals surface area contributed by atoms with Crippen LogP contribution < -0.4 is 5.73 Å². The Hall–Kier alpha value is -1.82. The van der Waals surface area contributed by atoms with Gasteiger partial charge in [0.25, 0.3) is 0 Å². The summed E-state index contributed by atoms with van der Waals surface area (Å²) in [5.74, 6) is 0. The molecule has 3 nitrogen and oxygen atoms in total. The first-order valence-electron chi connectivity index (χ1n) is 4.84. The van der Waals surface area contributed by atoms with E-state index < -0.39 is 11.7 Å². The van der Waals surface area contributed by atoms with Crippen molar-refractivity contribution in [3.05, 3.63) is 41.0 Å². The van der Waals surface area contributed by atoms with Crippen molar-refractivity contribution < 1.29 is 13.2 Å². The van der Waals surface area contributed by atoms with E-state index >= 15 is 0 Å². The van der Waals surface area contributed by atoms with Crippen molar-refractivity contribution in [2.24, 2.45) is 0 Å². The van der Waals surface area contributed by atoms with Gasteiger partial charge in [-0.15, -0.1) is 5.10 Å². The molecule has 18 heavy (non-hydrogen) atoms. The second-order valence-corrected chi connectivity index (χ2v) is 3.92. The molecule has 1 aromatic carbocycles. The van der Waals surface area contributed by atoms with Crippen molar-refractivity contribution in [1.29, 1.82) is 0 Å². The summed E-state index contributed by atoms with van der Waals surface area (Å²) in [7, 11) is 0. The molecule has 1 aromatic heterocycles. The number of nitrogens with zero attached hydrogens (tertiary/aromatic N) is 2. The number of benzene rings is 1. The van der Waals surface area contributed by atoms with Crippen LogP contribution in [0.15, 0.2) is 30.5 Å². The molecule has 0 aliphatic rings. The van der Waals surface area contributed by atoms with E-state index in [4.69, 9.17) is 17.3 Å². The minimum absolute atomic E-state index is 0.0873. The molecule has 0 saturated carbocycles. The fourth-order valence-electron chi connectivity index (χ4n) is 1.41. The van der Waals surface area contributed by atoms with Crippen molar-refractivity contribution in [3.63, 3.8) is 0 Å². The summed E-state index contributed by atoms with van der Waals surface area (Å²) in [6.07, 6.45) is -3.18. The predicted molar refractivity (Wildman–Crippen MR) is 61.9 cm³/mol. The van der Waals surface area contributed by atoms with E-state index in [1.165, 1.54) is 18.3 Å². The Labute approximate surface area is 105 Å². The summed E-state index contributed by atoms with van der Waals surface area (Å²) in [6, 6.07) is 4.66. The van der Waals surface area contributed by atoms with E-state index in [9.17, 15) is 13.2 Å². The average Bonchev–Trinajstić information content (AvgIpc) is 2.32. The van der Waals surface area contributed by atoms with E-state index in [0.29, 0.717) is 0 Å². The zero-order valence-corrected chi connectivity index (χ0v) is 9.63. The van der Waals surface area contributed by atoms with Gasteiger partial charge in [0.05, 0.1) is 22.5 Å². The van der Waals surface area contributed by atoms with Crippen molar-refractivity contribution in [2.45, 2.75) is 6.18 Å². The SMILES string of the molecule is Nc1cnnc(-c2cccc(C(F)(F)F)c2)c1Cl. The number of halogens is 4. The third-order valence-corrected chi connectivity index (χ3v) is 2.68. The van der Waals surface area contributed by atoms with Crippen LogP contribution in [0.25, 0.3) is 11.3 Å². The fraction of sp³-hybridized carbons (Fsp3) is 0.0909. The first kappa shape index (κ1) is 12.6. The third kappa shape index (κ3) is 2.38. The normalized spacial score (nSPS) is 11.6. The van der Waals surface area contributed by atoms with Crippen molar-refractivity contribution >= 4 is 17.3 Å². The maximum absolute atomic E-state index is 12.6. The van der Waals surface area contributed by atoms with Crippen LogP contribution in [-0.4, -0.2) is 10.2 Å². The maximum Gasteiger partial charge on any atom is 0.416 e. The third-order valence-electron chi connectivity index (χ3n) is 2.28. The first-order valence-corrected chi connectivity index (χ1v) is 5.21. The van der Waals surface area contributed by atoms with E-state index in [0.717, 1.165) is 12.1 Å². The lowest BCUT2D eigenvalue weighted by molar-refractivity contribution is -0.137. The van der Waals surface area contributed by atoms with Crippen LogP contribution in [0.2, 0.25) is 5.02 Å². The molecular weight excluding hydrogens is 267 g/mol. The topological polar surface area (TPSA) is 51.8 Å². The molecule has 0 saturated heterocycles. The fourth-order valence-corrected chi connectivity index (χ4v) is 1.61. The van der Waals surface area contributed by atoms with Crippen LogP contribution in [0.3, 0.4) is 0 Å². The maximum atomic E-state index is 12.6. The largest absolute Gasteiger partial charge is 0.416 e. The van der Waals surface area contributed by atoms with Gasteiger partial charge in [-0.1, -0.05) is 23.7 Å². The van der Waals surface area contributed by atoms with Crippen LogP contribution in [0.1, 0.15) is 5.56 Å². The summed E-state index contributed by atoms with van der Waals surface area (Å²) in [4.78, 5) is 0. The molecule has 2 rings (SSSR count).